The molecule has 1 aliphatic heterocycles. The molecule has 5 nitrogen and oxygen atoms in total. The number of nitrogens with one attached hydrogen (secondary N) is 1. The monoisotopic (exact) mass is 496 g/mol. The summed E-state index contributed by atoms with van der Waals surface area (Å²) in [5.74, 6) is -0.0419. The van der Waals surface area contributed by atoms with Crippen LogP contribution < -0.4 is 14.4 Å². The second-order valence-electron chi connectivity index (χ2n) is 5.51. The van der Waals surface area contributed by atoms with Gasteiger partial charge in [-0.15, -0.1) is 0 Å². The van der Waals surface area contributed by atoms with Crippen LogP contribution in [0.25, 0.3) is 0 Å². The average Bonchev–Trinajstić information content (AvgIpc) is 3.02. The van der Waals surface area contributed by atoms with Gasteiger partial charge in [-0.3, -0.25) is 0 Å². The molecule has 1 aliphatic rings. The van der Waals surface area contributed by atoms with Crippen LogP contribution in [-0.2, 0) is 9.59 Å². The van der Waals surface area contributed by atoms with Gasteiger partial charge >= 0.3 is 178 Å². The number of hydrogen-bond acceptors (Lipinski definition) is 4. The van der Waals surface area contributed by atoms with E-state index in [-0.39, 0.29) is 5.91 Å². The molecule has 28 heavy (non-hydrogen) atoms. The number of benzene rings is 2. The van der Waals surface area contributed by atoms with Crippen LogP contribution in [0.5, 0.6) is 5.75 Å². The fourth-order valence-corrected chi connectivity index (χ4v) is 6.97. The molecule has 2 aromatic carbocycles. The number of carbonyl (C=O) groups is 2. The van der Waals surface area contributed by atoms with E-state index < -0.39 is 21.7 Å². The molecule has 1 N–H and O–H groups in total. The van der Waals surface area contributed by atoms with Gasteiger partial charge in [0.2, 0.25) is 0 Å². The first kappa shape index (κ1) is 21.0. The molecule has 144 valence electrons. The van der Waals surface area contributed by atoms with Gasteiger partial charge in [-0.25, -0.2) is 0 Å². The minimum absolute atomic E-state index is 0.295. The van der Waals surface area contributed by atoms with Crippen molar-refractivity contribution in [3.05, 3.63) is 69.6 Å². The fraction of sp³-hybridized carbons (Fsp3) is 0.105. The van der Waals surface area contributed by atoms with Crippen LogP contribution >= 0.6 is 35.0 Å². The number of carbonyl (C=O) groups excluding carboxylic acids is 2. The number of nitrogens with zero attached hydrogens (tertiary/aromatic N) is 1. The van der Waals surface area contributed by atoms with E-state index in [4.69, 9.17) is 27.9 Å². The van der Waals surface area contributed by atoms with Gasteiger partial charge in [0.15, 0.2) is 0 Å². The molecule has 1 unspecified atom stereocenters. The Labute approximate surface area is 183 Å². The van der Waals surface area contributed by atoms with Gasteiger partial charge in [-0.2, -0.15) is 0 Å². The Morgan fingerprint density at radius 3 is 2.57 bits per heavy atom. The molecule has 0 saturated heterocycles. The zero-order chi connectivity index (χ0) is 19.9. The molecule has 0 fully saturated rings. The summed E-state index contributed by atoms with van der Waals surface area (Å²) in [5.41, 5.74) is 0. The third kappa shape index (κ3) is 5.89. The van der Waals surface area contributed by atoms with Crippen LogP contribution in [0.1, 0.15) is 0 Å². The van der Waals surface area contributed by atoms with E-state index in [1.165, 1.54) is 17.8 Å². The molecule has 1 heterocycles. The Morgan fingerprint density at radius 1 is 1.14 bits per heavy atom. The first-order valence-electron chi connectivity index (χ1n) is 8.22. The molecule has 0 spiro atoms. The van der Waals surface area contributed by atoms with E-state index in [1.54, 1.807) is 18.2 Å². The van der Waals surface area contributed by atoms with Crippen molar-refractivity contribution < 1.29 is 14.3 Å². The minimum atomic E-state index is -0.960. The predicted octanol–water partition coefficient (Wildman–Crippen LogP) is 2.76. The molecule has 9 heteroatoms. The van der Waals surface area contributed by atoms with Crippen molar-refractivity contribution in [2.45, 2.75) is 0 Å². The van der Waals surface area contributed by atoms with Crippen molar-refractivity contribution >= 4 is 70.7 Å². The molecule has 2 aromatic rings. The van der Waals surface area contributed by atoms with E-state index in [9.17, 15) is 9.59 Å². The standard InChI is InChI=1S/C19H15AsCl2N2O3S/c21-13-7-4-8-14(22)17(13)20-19-24-18(26)15(28-19)11-16(25)23-9-10-27-12-5-2-1-3-6-12/h1-8,11,20H,9-10H2,(H,23,25)/b15-11-. The molecule has 0 saturated carbocycles. The molecular weight excluding hydrogens is 482 g/mol. The van der Waals surface area contributed by atoms with Gasteiger partial charge in [0, 0.05) is 0 Å². The second kappa shape index (κ2) is 10.2. The first-order chi connectivity index (χ1) is 13.5. The van der Waals surface area contributed by atoms with Crippen LogP contribution in [0.3, 0.4) is 0 Å². The van der Waals surface area contributed by atoms with Gasteiger partial charge in [0.05, 0.1) is 0 Å². The molecule has 0 aliphatic carbocycles. The Kier molecular flexibility index (Phi) is 7.63. The van der Waals surface area contributed by atoms with E-state index in [0.29, 0.717) is 31.9 Å². The molecule has 0 bridgehead atoms. The number of thioether (sulfide) groups is 1. The number of ether oxygens (including phenoxy) is 1. The number of amides is 2. The molecular formula is C19H15AsCl2N2O3S. The average molecular weight is 497 g/mol. The third-order valence-electron chi connectivity index (χ3n) is 3.49. The summed E-state index contributed by atoms with van der Waals surface area (Å²) in [5, 5.41) is 3.83. The number of aliphatic imine (C=N–C) groups is 1. The van der Waals surface area contributed by atoms with E-state index >= 15 is 0 Å². The van der Waals surface area contributed by atoms with E-state index in [0.717, 1.165) is 10.1 Å². The number of halogens is 2. The molecule has 3 rings (SSSR count). The summed E-state index contributed by atoms with van der Waals surface area (Å²) in [6.07, 6.45) is 1.27. The normalized spacial score (nSPS) is 15.3. The zero-order valence-electron chi connectivity index (χ0n) is 14.4. The number of hydrogen-bond donors (Lipinski definition) is 1. The van der Waals surface area contributed by atoms with Crippen molar-refractivity contribution in [2.24, 2.45) is 4.99 Å². The fourth-order valence-electron chi connectivity index (χ4n) is 2.22. The summed E-state index contributed by atoms with van der Waals surface area (Å²) in [6.45, 7) is 0.659. The van der Waals surface area contributed by atoms with Crippen LogP contribution in [0, 0.1) is 0 Å². The summed E-state index contributed by atoms with van der Waals surface area (Å²) in [4.78, 5) is 28.4. The topological polar surface area (TPSA) is 67.8 Å². The molecule has 0 radical (unpaired) electrons. The quantitative estimate of drug-likeness (QED) is 0.363. The van der Waals surface area contributed by atoms with Crippen molar-refractivity contribution in [2.75, 3.05) is 13.2 Å². The van der Waals surface area contributed by atoms with Gasteiger partial charge in [-0.1, -0.05) is 6.07 Å². The summed E-state index contributed by atoms with van der Waals surface area (Å²) < 4.78 is 7.00. The SMILES string of the molecule is O=C(/C=C1\SC([AsH]c2c(Cl)cccc2Cl)=NC1=O)NCCOc1ccccc1. The van der Waals surface area contributed by atoms with Crippen molar-refractivity contribution in [3.8, 4) is 5.75 Å². The molecule has 2 amide bonds. The third-order valence-corrected chi connectivity index (χ3v) is 9.09. The van der Waals surface area contributed by atoms with Crippen molar-refractivity contribution in [1.82, 2.24) is 5.32 Å². The summed E-state index contributed by atoms with van der Waals surface area (Å²) in [7, 11) is 0. The van der Waals surface area contributed by atoms with Crippen LogP contribution in [0.15, 0.2) is 64.5 Å². The Balaban J connectivity index is 1.50. The van der Waals surface area contributed by atoms with Gasteiger partial charge in [-0.05, 0) is 0 Å². The second-order valence-corrected chi connectivity index (χ2v) is 10.7. The van der Waals surface area contributed by atoms with Crippen LogP contribution in [0.4, 0.5) is 0 Å². The van der Waals surface area contributed by atoms with Crippen LogP contribution in [0.2, 0.25) is 10.0 Å². The first-order valence-corrected chi connectivity index (χ1v) is 11.9. The van der Waals surface area contributed by atoms with Crippen LogP contribution in [-0.4, -0.2) is 44.5 Å². The summed E-state index contributed by atoms with van der Waals surface area (Å²) in [6, 6.07) is 14.6. The Hall–Kier alpha value is -1.72. The van der Waals surface area contributed by atoms with E-state index in [2.05, 4.69) is 10.3 Å². The van der Waals surface area contributed by atoms with Gasteiger partial charge in [0.25, 0.3) is 0 Å². The molecule has 0 aromatic heterocycles. The maximum absolute atomic E-state index is 12.1. The Bertz CT molecular complexity index is 931. The number of rotatable bonds is 7. The predicted molar refractivity (Wildman–Crippen MR) is 116 cm³/mol. The van der Waals surface area contributed by atoms with Crippen molar-refractivity contribution in [1.29, 1.82) is 0 Å². The van der Waals surface area contributed by atoms with Gasteiger partial charge < -0.3 is 0 Å². The zero-order valence-corrected chi connectivity index (χ0v) is 18.9. The molecule has 1 atom stereocenters. The van der Waals surface area contributed by atoms with Crippen molar-refractivity contribution in [3.63, 3.8) is 0 Å². The van der Waals surface area contributed by atoms with E-state index in [1.807, 2.05) is 30.3 Å². The number of para-hydroxylation sites is 1. The summed E-state index contributed by atoms with van der Waals surface area (Å²) >= 11 is 12.6. The Morgan fingerprint density at radius 2 is 1.86 bits per heavy atom. The maximum atomic E-state index is 12.1. The van der Waals surface area contributed by atoms with Gasteiger partial charge in [0.1, 0.15) is 0 Å².